The minimum atomic E-state index is -0.679. The number of carbonyl (C=O) groups excluding carboxylic acids is 3. The Labute approximate surface area is 215 Å². The van der Waals surface area contributed by atoms with Gasteiger partial charge in [0.15, 0.2) is 0 Å². The van der Waals surface area contributed by atoms with Gasteiger partial charge in [-0.15, -0.1) is 0 Å². The van der Waals surface area contributed by atoms with Crippen LogP contribution in [0, 0.1) is 0 Å². The Balaban J connectivity index is 1.08. The van der Waals surface area contributed by atoms with Crippen molar-refractivity contribution < 1.29 is 14.4 Å². The Morgan fingerprint density at radius 3 is 2.51 bits per heavy atom. The van der Waals surface area contributed by atoms with Crippen molar-refractivity contribution in [2.75, 3.05) is 29.9 Å². The third kappa shape index (κ3) is 4.37. The molecule has 37 heavy (non-hydrogen) atoms. The molecule has 0 spiro atoms. The number of nitrogens with zero attached hydrogens (tertiary/aromatic N) is 2. The lowest BCUT2D eigenvalue weighted by Crippen LogP contribution is -2.43. The molecule has 2 aliphatic rings. The molecular weight excluding hydrogens is 464 g/mol. The molecule has 186 valence electrons. The molecule has 0 bridgehead atoms. The minimum Gasteiger partial charge on any atom is -0.361 e. The van der Waals surface area contributed by atoms with E-state index < -0.39 is 11.8 Å². The zero-order valence-corrected chi connectivity index (χ0v) is 20.4. The van der Waals surface area contributed by atoms with E-state index in [1.807, 2.05) is 36.4 Å². The zero-order valence-electron chi connectivity index (χ0n) is 20.4. The number of carbonyl (C=O) groups is 3. The van der Waals surface area contributed by atoms with Gasteiger partial charge in [-0.05, 0) is 66.6 Å². The maximum atomic E-state index is 13.2. The lowest BCUT2D eigenvalue weighted by molar-refractivity contribution is -0.143. The van der Waals surface area contributed by atoms with Crippen LogP contribution < -0.4 is 10.2 Å². The van der Waals surface area contributed by atoms with E-state index in [2.05, 4.69) is 28.6 Å². The first kappa shape index (κ1) is 23.0. The summed E-state index contributed by atoms with van der Waals surface area (Å²) in [5.41, 5.74) is 5.37. The number of H-pyrrole nitrogens is 1. The Morgan fingerprint density at radius 1 is 0.865 bits per heavy atom. The Kier molecular flexibility index (Phi) is 5.96. The number of para-hydroxylation sites is 2. The van der Waals surface area contributed by atoms with Crippen molar-refractivity contribution in [2.45, 2.75) is 25.2 Å². The van der Waals surface area contributed by atoms with Crippen LogP contribution in [0.5, 0.6) is 0 Å². The van der Waals surface area contributed by atoms with Gasteiger partial charge in [0.05, 0.1) is 0 Å². The van der Waals surface area contributed by atoms with Crippen molar-refractivity contribution >= 4 is 40.0 Å². The van der Waals surface area contributed by atoms with Crippen LogP contribution in [0.25, 0.3) is 10.9 Å². The van der Waals surface area contributed by atoms with Gasteiger partial charge < -0.3 is 20.1 Å². The van der Waals surface area contributed by atoms with E-state index in [9.17, 15) is 14.4 Å². The lowest BCUT2D eigenvalue weighted by Gasteiger charge is -2.31. The first-order chi connectivity index (χ1) is 18.1. The lowest BCUT2D eigenvalue weighted by atomic mass is 9.89. The van der Waals surface area contributed by atoms with Gasteiger partial charge in [-0.25, -0.2) is 0 Å². The van der Waals surface area contributed by atoms with Crippen LogP contribution in [0.2, 0.25) is 0 Å². The fourth-order valence-electron chi connectivity index (χ4n) is 5.59. The number of benzene rings is 3. The van der Waals surface area contributed by atoms with E-state index in [4.69, 9.17) is 0 Å². The number of aromatic nitrogens is 1. The van der Waals surface area contributed by atoms with E-state index in [-0.39, 0.29) is 5.91 Å². The van der Waals surface area contributed by atoms with Crippen LogP contribution in [0.15, 0.2) is 79.0 Å². The summed E-state index contributed by atoms with van der Waals surface area (Å²) in [6.07, 6.45) is 4.50. The van der Waals surface area contributed by atoms with Crippen LogP contribution in [-0.4, -0.2) is 47.2 Å². The Bertz CT molecular complexity index is 1500. The van der Waals surface area contributed by atoms with Crippen molar-refractivity contribution in [1.82, 2.24) is 9.88 Å². The molecule has 4 aromatic rings. The molecule has 0 saturated carbocycles. The van der Waals surface area contributed by atoms with Crippen molar-refractivity contribution in [3.05, 3.63) is 95.7 Å². The van der Waals surface area contributed by atoms with Gasteiger partial charge in [0.2, 0.25) is 0 Å². The number of fused-ring (bicyclic) bond motifs is 2. The summed E-state index contributed by atoms with van der Waals surface area (Å²) in [5.74, 6) is -0.988. The Morgan fingerprint density at radius 2 is 1.65 bits per heavy atom. The average molecular weight is 493 g/mol. The van der Waals surface area contributed by atoms with Crippen molar-refractivity contribution in [1.29, 1.82) is 0 Å². The number of likely N-dealkylation sites (tertiary alicyclic amines) is 1. The van der Waals surface area contributed by atoms with Gasteiger partial charge in [-0.3, -0.25) is 14.4 Å². The summed E-state index contributed by atoms with van der Waals surface area (Å²) < 4.78 is 0. The second kappa shape index (κ2) is 9.58. The largest absolute Gasteiger partial charge is 0.361 e. The number of anilines is 2. The molecule has 3 aromatic carbocycles. The first-order valence-corrected chi connectivity index (χ1v) is 12.7. The SMILES string of the molecule is O=C(Nc1cccc(C(=O)N2CCc3ccccc32)c1)C(=O)N1CCC(c2c[nH]c3ccccc23)CC1. The maximum absolute atomic E-state index is 13.2. The fraction of sp³-hybridized carbons (Fsp3) is 0.233. The number of hydrogen-bond acceptors (Lipinski definition) is 3. The second-order valence-corrected chi connectivity index (χ2v) is 9.73. The van der Waals surface area contributed by atoms with E-state index in [0.717, 1.165) is 36.0 Å². The highest BCUT2D eigenvalue weighted by Crippen LogP contribution is 2.33. The predicted octanol–water partition coefficient (Wildman–Crippen LogP) is 4.72. The molecule has 1 saturated heterocycles. The average Bonchev–Trinajstić information content (AvgIpc) is 3.57. The number of aromatic amines is 1. The molecule has 2 N–H and O–H groups in total. The molecule has 3 heterocycles. The highest BCUT2D eigenvalue weighted by molar-refractivity contribution is 6.39. The normalized spacial score (nSPS) is 15.6. The first-order valence-electron chi connectivity index (χ1n) is 12.7. The van der Waals surface area contributed by atoms with Gasteiger partial charge in [-0.1, -0.05) is 42.5 Å². The molecule has 0 aliphatic carbocycles. The van der Waals surface area contributed by atoms with E-state index in [0.29, 0.717) is 36.8 Å². The van der Waals surface area contributed by atoms with Crippen LogP contribution >= 0.6 is 0 Å². The third-order valence-electron chi connectivity index (χ3n) is 7.54. The number of rotatable bonds is 3. The molecule has 6 rings (SSSR count). The van der Waals surface area contributed by atoms with Crippen LogP contribution in [0.3, 0.4) is 0 Å². The van der Waals surface area contributed by atoms with Gasteiger partial charge in [-0.2, -0.15) is 0 Å². The summed E-state index contributed by atoms with van der Waals surface area (Å²) in [6, 6.07) is 22.9. The molecule has 3 amide bonds. The molecule has 7 heteroatoms. The van der Waals surface area contributed by atoms with E-state index in [1.54, 1.807) is 34.1 Å². The summed E-state index contributed by atoms with van der Waals surface area (Å²) in [4.78, 5) is 45.6. The van der Waals surface area contributed by atoms with E-state index >= 15 is 0 Å². The van der Waals surface area contributed by atoms with Gasteiger partial charge >= 0.3 is 11.8 Å². The van der Waals surface area contributed by atoms with Crippen LogP contribution in [0.4, 0.5) is 11.4 Å². The molecule has 1 aromatic heterocycles. The maximum Gasteiger partial charge on any atom is 0.313 e. The highest BCUT2D eigenvalue weighted by Gasteiger charge is 2.29. The molecule has 1 fully saturated rings. The molecule has 0 unspecified atom stereocenters. The molecular formula is C30H28N4O3. The third-order valence-corrected chi connectivity index (χ3v) is 7.54. The molecule has 7 nitrogen and oxygen atoms in total. The zero-order chi connectivity index (χ0) is 25.4. The standard InChI is InChI=1S/C30H28N4O3/c35-28(30(37)33-15-12-20(13-16-33)25-19-31-26-10-3-2-9-24(25)26)32-23-8-5-7-22(18-23)29(36)34-17-14-21-6-1-4-11-27(21)34/h1-11,18-20,31H,12-17H2,(H,32,35). The summed E-state index contributed by atoms with van der Waals surface area (Å²) >= 11 is 0. The highest BCUT2D eigenvalue weighted by atomic mass is 16.2. The summed E-state index contributed by atoms with van der Waals surface area (Å²) in [5, 5.41) is 3.92. The predicted molar refractivity (Wildman–Crippen MR) is 144 cm³/mol. The smallest absolute Gasteiger partial charge is 0.313 e. The minimum absolute atomic E-state index is 0.119. The fourth-order valence-corrected chi connectivity index (χ4v) is 5.59. The summed E-state index contributed by atoms with van der Waals surface area (Å²) in [6.45, 7) is 1.69. The molecule has 0 radical (unpaired) electrons. The Hall–Kier alpha value is -4.39. The number of hydrogen-bond donors (Lipinski definition) is 2. The van der Waals surface area contributed by atoms with Gasteiger partial charge in [0, 0.05) is 53.7 Å². The van der Waals surface area contributed by atoms with Gasteiger partial charge in [0.1, 0.15) is 0 Å². The number of amides is 3. The van der Waals surface area contributed by atoms with Crippen molar-refractivity contribution in [2.24, 2.45) is 0 Å². The van der Waals surface area contributed by atoms with Crippen LogP contribution in [-0.2, 0) is 16.0 Å². The van der Waals surface area contributed by atoms with Crippen molar-refractivity contribution in [3.63, 3.8) is 0 Å². The number of piperidine rings is 1. The molecule has 0 atom stereocenters. The topological polar surface area (TPSA) is 85.5 Å². The van der Waals surface area contributed by atoms with Gasteiger partial charge in [0.25, 0.3) is 5.91 Å². The monoisotopic (exact) mass is 492 g/mol. The summed E-state index contributed by atoms with van der Waals surface area (Å²) in [7, 11) is 0. The number of nitrogens with one attached hydrogen (secondary N) is 2. The quantitative estimate of drug-likeness (QED) is 0.406. The van der Waals surface area contributed by atoms with E-state index in [1.165, 1.54) is 10.9 Å². The second-order valence-electron chi connectivity index (χ2n) is 9.73. The molecule has 2 aliphatic heterocycles. The van der Waals surface area contributed by atoms with Crippen LogP contribution in [0.1, 0.15) is 40.2 Å². The van der Waals surface area contributed by atoms with Crippen molar-refractivity contribution in [3.8, 4) is 0 Å².